The molecule has 0 saturated carbocycles. The van der Waals surface area contributed by atoms with E-state index in [2.05, 4.69) is 15.9 Å². The number of phenolic OH excluding ortho intramolecular Hbond substituents is 1. The molecule has 4 aromatic rings. The summed E-state index contributed by atoms with van der Waals surface area (Å²) in [5.74, 6) is 0.993. The molecule has 202 valence electrons. The van der Waals surface area contributed by atoms with E-state index in [1.807, 2.05) is 38.1 Å². The maximum atomic E-state index is 14.0. The SMILES string of the molecule is COc1ccc(CCN2C(=O)c3oc4cc(C)cc(C)c4c(=O)c3C2c2cc(Br)c(O)c(OC)c2)cc1OC. The molecule has 1 unspecified atom stereocenters. The minimum absolute atomic E-state index is 0.0259. The molecule has 0 fully saturated rings. The molecule has 0 radical (unpaired) electrons. The quantitative estimate of drug-likeness (QED) is 0.294. The fraction of sp³-hybridized carbons (Fsp3) is 0.267. The Morgan fingerprint density at radius 2 is 1.67 bits per heavy atom. The minimum atomic E-state index is -0.750. The first-order valence-electron chi connectivity index (χ1n) is 12.3. The summed E-state index contributed by atoms with van der Waals surface area (Å²) in [6.45, 7) is 4.07. The van der Waals surface area contributed by atoms with Crippen LogP contribution in [0.15, 0.2) is 56.1 Å². The van der Waals surface area contributed by atoms with Crippen LogP contribution in [0, 0.1) is 13.8 Å². The summed E-state index contributed by atoms with van der Waals surface area (Å²) in [7, 11) is 4.59. The number of nitrogens with zero attached hydrogens (tertiary/aromatic N) is 1. The Morgan fingerprint density at radius 3 is 2.36 bits per heavy atom. The van der Waals surface area contributed by atoms with Gasteiger partial charge in [-0.2, -0.15) is 0 Å². The van der Waals surface area contributed by atoms with E-state index >= 15 is 0 Å². The van der Waals surface area contributed by atoms with Gasteiger partial charge in [0, 0.05) is 6.54 Å². The van der Waals surface area contributed by atoms with E-state index in [9.17, 15) is 14.7 Å². The van der Waals surface area contributed by atoms with Crippen LogP contribution in [0.1, 0.15) is 44.4 Å². The first kappa shape index (κ1) is 26.6. The molecule has 9 heteroatoms. The van der Waals surface area contributed by atoms with Crippen molar-refractivity contribution in [3.8, 4) is 23.0 Å². The topological polar surface area (TPSA) is 98.4 Å². The van der Waals surface area contributed by atoms with Crippen LogP contribution in [-0.2, 0) is 6.42 Å². The van der Waals surface area contributed by atoms with Crippen molar-refractivity contribution < 1.29 is 28.5 Å². The van der Waals surface area contributed by atoms with Crippen molar-refractivity contribution in [2.75, 3.05) is 27.9 Å². The molecule has 0 saturated heterocycles. The Balaban J connectivity index is 1.66. The fourth-order valence-corrected chi connectivity index (χ4v) is 5.74. The van der Waals surface area contributed by atoms with E-state index in [0.717, 1.165) is 16.7 Å². The number of aryl methyl sites for hydroxylation is 2. The minimum Gasteiger partial charge on any atom is -0.503 e. The largest absolute Gasteiger partial charge is 0.503 e. The molecule has 0 aliphatic carbocycles. The number of halogens is 1. The van der Waals surface area contributed by atoms with Crippen LogP contribution in [-0.4, -0.2) is 43.8 Å². The second-order valence-corrected chi connectivity index (χ2v) is 10.4. The zero-order valence-electron chi connectivity index (χ0n) is 22.3. The van der Waals surface area contributed by atoms with Crippen molar-refractivity contribution in [2.24, 2.45) is 0 Å². The summed E-state index contributed by atoms with van der Waals surface area (Å²) in [4.78, 5) is 29.5. The predicted octanol–water partition coefficient (Wildman–Crippen LogP) is 5.69. The van der Waals surface area contributed by atoms with Gasteiger partial charge in [0.25, 0.3) is 5.91 Å². The second kappa shape index (κ2) is 10.3. The lowest BCUT2D eigenvalue weighted by atomic mass is 9.96. The molecular weight excluding hydrogens is 566 g/mol. The van der Waals surface area contributed by atoms with Crippen molar-refractivity contribution >= 4 is 32.8 Å². The molecule has 3 aromatic carbocycles. The first-order valence-corrected chi connectivity index (χ1v) is 13.1. The molecule has 0 bridgehead atoms. The Bertz CT molecular complexity index is 1680. The Hall–Kier alpha value is -3.98. The van der Waals surface area contributed by atoms with Crippen molar-refractivity contribution in [3.63, 3.8) is 0 Å². The molecule has 1 aliphatic rings. The normalized spacial score (nSPS) is 14.6. The van der Waals surface area contributed by atoms with Gasteiger partial charge < -0.3 is 28.6 Å². The number of carbonyl (C=O) groups is 1. The molecule has 1 aromatic heterocycles. The highest BCUT2D eigenvalue weighted by Gasteiger charge is 2.43. The third kappa shape index (κ3) is 4.50. The maximum Gasteiger partial charge on any atom is 0.290 e. The summed E-state index contributed by atoms with van der Waals surface area (Å²) in [5, 5.41) is 10.9. The van der Waals surface area contributed by atoms with Crippen LogP contribution >= 0.6 is 15.9 Å². The van der Waals surface area contributed by atoms with Gasteiger partial charge in [0.2, 0.25) is 5.76 Å². The molecule has 39 heavy (non-hydrogen) atoms. The Labute approximate surface area is 233 Å². The second-order valence-electron chi connectivity index (χ2n) is 9.52. The van der Waals surface area contributed by atoms with Crippen LogP contribution in [0.4, 0.5) is 0 Å². The molecular formula is C30H28BrNO7. The highest BCUT2D eigenvalue weighted by molar-refractivity contribution is 9.10. The van der Waals surface area contributed by atoms with Gasteiger partial charge in [0.1, 0.15) is 5.58 Å². The molecule has 2 heterocycles. The van der Waals surface area contributed by atoms with E-state index in [1.165, 1.54) is 7.11 Å². The fourth-order valence-electron chi connectivity index (χ4n) is 5.28. The lowest BCUT2D eigenvalue weighted by Crippen LogP contribution is -2.31. The standard InChI is InChI=1S/C30H28BrNO7/c1-15-10-16(2)24-22(11-15)39-29-25(28(24)34)26(18-13-19(31)27(33)23(14-18)38-5)32(30(29)35)9-8-17-6-7-20(36-3)21(12-17)37-4/h6-7,10-14,26,33H,8-9H2,1-5H3. The number of hydrogen-bond acceptors (Lipinski definition) is 7. The van der Waals surface area contributed by atoms with Gasteiger partial charge in [-0.3, -0.25) is 9.59 Å². The van der Waals surface area contributed by atoms with E-state index in [0.29, 0.717) is 38.9 Å². The average Bonchev–Trinajstić information content (AvgIpc) is 3.19. The Kier molecular flexibility index (Phi) is 7.03. The third-order valence-corrected chi connectivity index (χ3v) is 7.69. The third-order valence-electron chi connectivity index (χ3n) is 7.09. The van der Waals surface area contributed by atoms with Gasteiger partial charge >= 0.3 is 0 Å². The summed E-state index contributed by atoms with van der Waals surface area (Å²) < 4.78 is 22.7. The number of rotatable bonds is 7. The van der Waals surface area contributed by atoms with E-state index in [1.54, 1.807) is 37.3 Å². The summed E-state index contributed by atoms with van der Waals surface area (Å²) in [6.07, 6.45) is 0.485. The van der Waals surface area contributed by atoms with Crippen molar-refractivity contribution in [1.82, 2.24) is 4.90 Å². The van der Waals surface area contributed by atoms with E-state index in [-0.39, 0.29) is 40.7 Å². The Morgan fingerprint density at radius 1 is 0.949 bits per heavy atom. The lowest BCUT2D eigenvalue weighted by molar-refractivity contribution is 0.0729. The number of phenols is 1. The van der Waals surface area contributed by atoms with Gasteiger partial charge in [-0.1, -0.05) is 12.1 Å². The molecule has 8 nitrogen and oxygen atoms in total. The molecule has 1 atom stereocenters. The number of fused-ring (bicyclic) bond motifs is 2. The number of aromatic hydroxyl groups is 1. The van der Waals surface area contributed by atoms with Crippen molar-refractivity contribution in [3.05, 3.63) is 90.7 Å². The van der Waals surface area contributed by atoms with E-state index in [4.69, 9.17) is 18.6 Å². The summed E-state index contributed by atoms with van der Waals surface area (Å²) in [6, 6.07) is 11.9. The van der Waals surface area contributed by atoms with Gasteiger partial charge in [0.15, 0.2) is 28.4 Å². The zero-order valence-corrected chi connectivity index (χ0v) is 23.8. The van der Waals surface area contributed by atoms with Crippen molar-refractivity contribution in [1.29, 1.82) is 0 Å². The lowest BCUT2D eigenvalue weighted by Gasteiger charge is -2.26. The zero-order chi connectivity index (χ0) is 28.0. The highest BCUT2D eigenvalue weighted by atomic mass is 79.9. The van der Waals surface area contributed by atoms with Crippen LogP contribution in [0.5, 0.6) is 23.0 Å². The van der Waals surface area contributed by atoms with Crippen LogP contribution in [0.2, 0.25) is 0 Å². The molecule has 1 N–H and O–H groups in total. The van der Waals surface area contributed by atoms with Crippen LogP contribution < -0.4 is 19.6 Å². The monoisotopic (exact) mass is 593 g/mol. The van der Waals surface area contributed by atoms with Gasteiger partial charge in [-0.25, -0.2) is 0 Å². The highest BCUT2D eigenvalue weighted by Crippen LogP contribution is 2.44. The molecule has 1 aliphatic heterocycles. The van der Waals surface area contributed by atoms with Gasteiger partial charge in [0.05, 0.1) is 42.8 Å². The smallest absolute Gasteiger partial charge is 0.290 e. The number of carbonyl (C=O) groups excluding carboxylic acids is 1. The number of hydrogen-bond donors (Lipinski definition) is 1. The van der Waals surface area contributed by atoms with Gasteiger partial charge in [-0.05, 0) is 88.8 Å². The first-order chi connectivity index (χ1) is 18.7. The number of amides is 1. The molecule has 5 rings (SSSR count). The van der Waals surface area contributed by atoms with Crippen molar-refractivity contribution in [2.45, 2.75) is 26.3 Å². The van der Waals surface area contributed by atoms with E-state index < -0.39 is 6.04 Å². The van der Waals surface area contributed by atoms with Crippen LogP contribution in [0.3, 0.4) is 0 Å². The van der Waals surface area contributed by atoms with Gasteiger partial charge in [-0.15, -0.1) is 0 Å². The number of ether oxygens (including phenoxy) is 3. The molecule has 1 amide bonds. The maximum absolute atomic E-state index is 14.0. The summed E-state index contributed by atoms with van der Waals surface area (Å²) in [5.41, 5.74) is 3.64. The number of benzene rings is 3. The molecule has 0 spiro atoms. The predicted molar refractivity (Wildman–Crippen MR) is 150 cm³/mol. The summed E-state index contributed by atoms with van der Waals surface area (Å²) >= 11 is 3.38. The number of methoxy groups -OCH3 is 3. The van der Waals surface area contributed by atoms with Crippen LogP contribution in [0.25, 0.3) is 11.0 Å². The average molecular weight is 594 g/mol.